The molecule has 2 aliphatic rings. The van der Waals surface area contributed by atoms with E-state index in [1.807, 2.05) is 23.1 Å². The molecule has 3 atom stereocenters. The molecule has 0 bridgehead atoms. The van der Waals surface area contributed by atoms with Gasteiger partial charge in [-0.1, -0.05) is 19.1 Å². The first-order chi connectivity index (χ1) is 8.12. The smallest absolute Gasteiger partial charge is 0.209 e. The van der Waals surface area contributed by atoms with Gasteiger partial charge in [-0.3, -0.25) is 9.78 Å². The quantitative estimate of drug-likeness (QED) is 0.471. The molecule has 1 saturated carbocycles. The highest BCUT2D eigenvalue weighted by Crippen LogP contribution is 2.58. The van der Waals surface area contributed by atoms with Crippen molar-refractivity contribution in [2.24, 2.45) is 5.41 Å². The molecule has 0 aromatic carbocycles. The lowest BCUT2D eigenvalue weighted by Gasteiger charge is -2.22. The van der Waals surface area contributed by atoms with Crippen molar-refractivity contribution < 1.29 is 4.79 Å². The van der Waals surface area contributed by atoms with Crippen molar-refractivity contribution in [3.63, 3.8) is 0 Å². The molecule has 1 aliphatic heterocycles. The van der Waals surface area contributed by atoms with Crippen LogP contribution in [0.5, 0.6) is 0 Å². The molecular weight excluding hydrogens is 279 g/mol. The van der Waals surface area contributed by atoms with Gasteiger partial charge in [-0.15, -0.1) is 0 Å². The van der Waals surface area contributed by atoms with E-state index in [1.165, 1.54) is 6.42 Å². The number of likely N-dealkylation sites (tertiary alicyclic amines) is 1. The van der Waals surface area contributed by atoms with Gasteiger partial charge in [0.05, 0.1) is 0 Å². The maximum atomic E-state index is 11.2. The number of aromatic nitrogens is 1. The average molecular weight is 293 g/mol. The maximum absolute atomic E-state index is 11.2. The number of fused-ring (bicyclic) bond motifs is 1. The maximum Gasteiger partial charge on any atom is 0.209 e. The van der Waals surface area contributed by atoms with Crippen molar-refractivity contribution in [1.29, 1.82) is 0 Å². The van der Waals surface area contributed by atoms with Crippen LogP contribution in [0.15, 0.2) is 22.8 Å². The summed E-state index contributed by atoms with van der Waals surface area (Å²) in [5, 5.41) is 0. The largest absolute Gasteiger partial charge is 0.346 e. The minimum Gasteiger partial charge on any atom is -0.346 e. The summed E-state index contributed by atoms with van der Waals surface area (Å²) in [5.41, 5.74) is 1.44. The molecule has 0 radical (unpaired) electrons. The number of pyridine rings is 1. The fourth-order valence-corrected chi connectivity index (χ4v) is 3.49. The summed E-state index contributed by atoms with van der Waals surface area (Å²) in [6.45, 7) is 2.28. The number of rotatable bonds is 3. The van der Waals surface area contributed by atoms with Crippen LogP contribution in [0.3, 0.4) is 0 Å². The summed E-state index contributed by atoms with van der Waals surface area (Å²) in [6, 6.07) is 6.43. The summed E-state index contributed by atoms with van der Waals surface area (Å²) in [4.78, 5) is 17.6. The molecular formula is C12H14BBrN2O. The molecule has 0 N–H and O–H groups in total. The Morgan fingerprint density at radius 3 is 3.12 bits per heavy atom. The van der Waals surface area contributed by atoms with E-state index in [1.54, 1.807) is 0 Å². The van der Waals surface area contributed by atoms with E-state index < -0.39 is 0 Å². The van der Waals surface area contributed by atoms with Gasteiger partial charge in [0.2, 0.25) is 13.7 Å². The lowest BCUT2D eigenvalue weighted by Crippen LogP contribution is -2.41. The van der Waals surface area contributed by atoms with Crippen LogP contribution in [-0.2, 0) is 4.79 Å². The van der Waals surface area contributed by atoms with Crippen molar-refractivity contribution in [2.75, 3.05) is 0 Å². The molecule has 1 aromatic rings. The third-order valence-electron chi connectivity index (χ3n) is 4.13. The van der Waals surface area contributed by atoms with Crippen molar-refractivity contribution >= 4 is 35.2 Å². The Kier molecular flexibility index (Phi) is 2.54. The predicted octanol–water partition coefficient (Wildman–Crippen LogP) is 0.873. The highest BCUT2D eigenvalue weighted by Gasteiger charge is 2.61. The van der Waals surface area contributed by atoms with Gasteiger partial charge in [0.15, 0.2) is 0 Å². The molecule has 1 aliphatic carbocycles. The summed E-state index contributed by atoms with van der Waals surface area (Å²) in [6.07, 6.45) is 3.31. The Hall–Kier alpha value is -0.835. The summed E-state index contributed by atoms with van der Waals surface area (Å²) in [7, 11) is 0.865. The molecule has 0 spiro atoms. The summed E-state index contributed by atoms with van der Waals surface area (Å²) < 4.78 is 0.863. The second kappa shape index (κ2) is 3.84. The molecule has 5 heteroatoms. The SMILES string of the molecule is CC12CC(Bc3cccc(Br)n3)N(C=O)C1C2. The van der Waals surface area contributed by atoms with Crippen LogP contribution in [-0.4, -0.2) is 35.6 Å². The second-order valence-corrected chi connectivity index (χ2v) is 6.25. The lowest BCUT2D eigenvalue weighted by atomic mass is 9.63. The first-order valence-corrected chi connectivity index (χ1v) is 6.76. The Morgan fingerprint density at radius 1 is 1.59 bits per heavy atom. The minimum absolute atomic E-state index is 0.332. The lowest BCUT2D eigenvalue weighted by molar-refractivity contribution is -0.118. The number of hydrogen-bond acceptors (Lipinski definition) is 2. The van der Waals surface area contributed by atoms with Gasteiger partial charge in [-0.25, -0.2) is 0 Å². The van der Waals surface area contributed by atoms with E-state index in [0.29, 0.717) is 17.4 Å². The molecule has 3 rings (SSSR count). The van der Waals surface area contributed by atoms with E-state index in [-0.39, 0.29) is 0 Å². The van der Waals surface area contributed by atoms with Crippen molar-refractivity contribution in [3.8, 4) is 0 Å². The van der Waals surface area contributed by atoms with Crippen LogP contribution in [0.2, 0.25) is 0 Å². The van der Waals surface area contributed by atoms with Gasteiger partial charge >= 0.3 is 0 Å². The molecule has 3 unspecified atom stereocenters. The topological polar surface area (TPSA) is 33.2 Å². The highest BCUT2D eigenvalue weighted by molar-refractivity contribution is 9.10. The second-order valence-electron chi connectivity index (χ2n) is 5.44. The first kappa shape index (κ1) is 11.3. The molecule has 17 heavy (non-hydrogen) atoms. The van der Waals surface area contributed by atoms with E-state index in [9.17, 15) is 4.79 Å². The van der Waals surface area contributed by atoms with Crippen molar-refractivity contribution in [2.45, 2.75) is 31.7 Å². The van der Waals surface area contributed by atoms with Crippen LogP contribution in [0.4, 0.5) is 0 Å². The van der Waals surface area contributed by atoms with E-state index >= 15 is 0 Å². The van der Waals surface area contributed by atoms with Crippen LogP contribution in [0.1, 0.15) is 19.8 Å². The highest BCUT2D eigenvalue weighted by atomic mass is 79.9. The van der Waals surface area contributed by atoms with E-state index in [0.717, 1.165) is 30.3 Å². The van der Waals surface area contributed by atoms with Crippen LogP contribution < -0.4 is 5.59 Å². The first-order valence-electron chi connectivity index (χ1n) is 5.96. The van der Waals surface area contributed by atoms with Crippen LogP contribution in [0, 0.1) is 5.41 Å². The zero-order chi connectivity index (χ0) is 12.0. The van der Waals surface area contributed by atoms with Crippen molar-refractivity contribution in [3.05, 3.63) is 22.8 Å². The third kappa shape index (κ3) is 1.90. The molecule has 1 amide bonds. The number of halogens is 1. The number of nitrogens with zero attached hydrogens (tertiary/aromatic N) is 2. The molecule has 3 nitrogen and oxygen atoms in total. The number of hydrogen-bond donors (Lipinski definition) is 0. The fraction of sp³-hybridized carbons (Fsp3) is 0.500. The van der Waals surface area contributed by atoms with Crippen LogP contribution in [0.25, 0.3) is 0 Å². The van der Waals surface area contributed by atoms with E-state index in [4.69, 9.17) is 0 Å². The standard InChI is InChI=1S/C12H14BBrN2O/c1-12-5-8(12)16(7-17)10(6-12)13-9-3-2-4-11(14)15-9/h2-4,7-8,10,13H,5-6H2,1H3. The summed E-state index contributed by atoms with van der Waals surface area (Å²) in [5.74, 6) is 0.332. The number of amides is 1. The fourth-order valence-electron chi connectivity index (χ4n) is 3.11. The Labute approximate surface area is 110 Å². The zero-order valence-electron chi connectivity index (χ0n) is 9.77. The molecule has 1 aromatic heterocycles. The molecule has 2 fully saturated rings. The molecule has 1 saturated heterocycles. The number of carbonyl (C=O) groups is 1. The molecule has 2 heterocycles. The summed E-state index contributed by atoms with van der Waals surface area (Å²) >= 11 is 3.38. The van der Waals surface area contributed by atoms with Gasteiger partial charge in [-0.05, 0) is 40.3 Å². The van der Waals surface area contributed by atoms with Gasteiger partial charge in [0.25, 0.3) is 0 Å². The monoisotopic (exact) mass is 292 g/mol. The number of piperidine rings is 1. The van der Waals surface area contributed by atoms with Gasteiger partial charge in [0.1, 0.15) is 4.60 Å². The normalized spacial score (nSPS) is 34.4. The minimum atomic E-state index is 0.332. The molecule has 88 valence electrons. The van der Waals surface area contributed by atoms with Gasteiger partial charge in [-0.2, -0.15) is 0 Å². The van der Waals surface area contributed by atoms with Crippen LogP contribution >= 0.6 is 15.9 Å². The van der Waals surface area contributed by atoms with E-state index in [2.05, 4.69) is 27.8 Å². The Bertz CT molecular complexity index is 470. The Balaban J connectivity index is 1.76. The Morgan fingerprint density at radius 2 is 2.41 bits per heavy atom. The average Bonchev–Trinajstić information content (AvgIpc) is 2.83. The van der Waals surface area contributed by atoms with Gasteiger partial charge in [0, 0.05) is 17.6 Å². The van der Waals surface area contributed by atoms with Crippen molar-refractivity contribution in [1.82, 2.24) is 9.88 Å². The third-order valence-corrected chi connectivity index (χ3v) is 4.57. The number of carbonyl (C=O) groups excluding carboxylic acids is 1. The zero-order valence-corrected chi connectivity index (χ0v) is 11.4. The predicted molar refractivity (Wildman–Crippen MR) is 71.5 cm³/mol. The van der Waals surface area contributed by atoms with Gasteiger partial charge < -0.3 is 4.90 Å².